The minimum atomic E-state index is 0.0426. The Labute approximate surface area is 126 Å². The molecule has 1 aliphatic rings. The number of benzene rings is 1. The Morgan fingerprint density at radius 3 is 2.71 bits per heavy atom. The van der Waals surface area contributed by atoms with Crippen LogP contribution in [0.5, 0.6) is 0 Å². The molecule has 1 aliphatic heterocycles. The quantitative estimate of drug-likeness (QED) is 0.938. The van der Waals surface area contributed by atoms with Gasteiger partial charge in [0.25, 0.3) is 0 Å². The molecule has 0 bridgehead atoms. The summed E-state index contributed by atoms with van der Waals surface area (Å²) in [6.07, 6.45) is 3.56. The number of nitrogens with zero attached hydrogens (tertiary/aromatic N) is 3. The first-order valence-corrected chi connectivity index (χ1v) is 7.77. The maximum Gasteiger partial charge on any atom is 0.138 e. The summed E-state index contributed by atoms with van der Waals surface area (Å²) in [5, 5.41) is 14.5. The summed E-state index contributed by atoms with van der Waals surface area (Å²) in [4.78, 5) is 2.43. The van der Waals surface area contributed by atoms with Crippen LogP contribution in [0.15, 0.2) is 30.3 Å². The van der Waals surface area contributed by atoms with Gasteiger partial charge in [0.2, 0.25) is 0 Å². The second kappa shape index (κ2) is 5.90. The molecule has 0 saturated carbocycles. The van der Waals surface area contributed by atoms with Gasteiger partial charge in [-0.05, 0) is 38.3 Å². The molecule has 4 heteroatoms. The second-order valence-corrected chi connectivity index (χ2v) is 5.69. The van der Waals surface area contributed by atoms with Crippen molar-refractivity contribution in [3.8, 4) is 5.69 Å². The molecule has 2 heterocycles. The smallest absolute Gasteiger partial charge is 0.138 e. The van der Waals surface area contributed by atoms with Gasteiger partial charge in [-0.25, -0.2) is 4.68 Å². The number of anilines is 1. The Kier molecular flexibility index (Phi) is 3.97. The first kappa shape index (κ1) is 14.1. The molecule has 3 rings (SSSR count). The fourth-order valence-electron chi connectivity index (χ4n) is 3.32. The van der Waals surface area contributed by atoms with E-state index in [9.17, 15) is 5.11 Å². The highest BCUT2D eigenvalue weighted by Gasteiger charge is 2.29. The highest BCUT2D eigenvalue weighted by atomic mass is 16.3. The SMILES string of the molecule is CCC1CCCN1c1c(CO)c(C)nn1-c1ccccc1. The van der Waals surface area contributed by atoms with E-state index >= 15 is 0 Å². The lowest BCUT2D eigenvalue weighted by Gasteiger charge is -2.27. The maximum absolute atomic E-state index is 9.80. The normalized spacial score (nSPS) is 18.4. The van der Waals surface area contributed by atoms with Gasteiger partial charge in [0.05, 0.1) is 18.0 Å². The third-order valence-corrected chi connectivity index (χ3v) is 4.44. The predicted octanol–water partition coefficient (Wildman–Crippen LogP) is 3.05. The van der Waals surface area contributed by atoms with Gasteiger partial charge in [0.15, 0.2) is 0 Å². The minimum absolute atomic E-state index is 0.0426. The molecular weight excluding hydrogens is 262 g/mol. The number of aryl methyl sites for hydroxylation is 1. The Hall–Kier alpha value is -1.81. The lowest BCUT2D eigenvalue weighted by molar-refractivity contribution is 0.281. The van der Waals surface area contributed by atoms with Crippen molar-refractivity contribution in [1.29, 1.82) is 0 Å². The largest absolute Gasteiger partial charge is 0.391 e. The van der Waals surface area contributed by atoms with Crippen LogP contribution in [0.3, 0.4) is 0 Å². The van der Waals surface area contributed by atoms with Gasteiger partial charge < -0.3 is 10.0 Å². The first-order valence-electron chi connectivity index (χ1n) is 7.77. The van der Waals surface area contributed by atoms with Crippen LogP contribution in [0.1, 0.15) is 37.4 Å². The zero-order valence-corrected chi connectivity index (χ0v) is 12.8. The van der Waals surface area contributed by atoms with Crippen LogP contribution in [0, 0.1) is 6.92 Å². The summed E-state index contributed by atoms with van der Waals surface area (Å²) in [6, 6.07) is 10.7. The highest BCUT2D eigenvalue weighted by Crippen LogP contribution is 2.33. The summed E-state index contributed by atoms with van der Waals surface area (Å²) < 4.78 is 1.99. The van der Waals surface area contributed by atoms with Crippen LogP contribution >= 0.6 is 0 Å². The van der Waals surface area contributed by atoms with Gasteiger partial charge in [-0.3, -0.25) is 0 Å². The molecule has 0 spiro atoms. The molecule has 112 valence electrons. The van der Waals surface area contributed by atoms with Crippen LogP contribution in [-0.4, -0.2) is 27.5 Å². The number of rotatable bonds is 4. The molecule has 0 amide bonds. The van der Waals surface area contributed by atoms with Crippen molar-refractivity contribution >= 4 is 5.82 Å². The first-order chi connectivity index (χ1) is 10.3. The number of hydrogen-bond donors (Lipinski definition) is 1. The molecule has 1 N–H and O–H groups in total. The summed E-state index contributed by atoms with van der Waals surface area (Å²) in [7, 11) is 0. The van der Waals surface area contributed by atoms with Crippen molar-refractivity contribution in [2.75, 3.05) is 11.4 Å². The molecule has 1 aromatic carbocycles. The Morgan fingerprint density at radius 1 is 1.29 bits per heavy atom. The minimum Gasteiger partial charge on any atom is -0.391 e. The van der Waals surface area contributed by atoms with Gasteiger partial charge in [-0.2, -0.15) is 5.10 Å². The van der Waals surface area contributed by atoms with E-state index in [4.69, 9.17) is 0 Å². The van der Waals surface area contributed by atoms with E-state index in [0.717, 1.165) is 35.7 Å². The molecule has 1 aromatic heterocycles. The summed E-state index contributed by atoms with van der Waals surface area (Å²) in [6.45, 7) is 5.30. The van der Waals surface area contributed by atoms with E-state index in [1.54, 1.807) is 0 Å². The second-order valence-electron chi connectivity index (χ2n) is 5.69. The van der Waals surface area contributed by atoms with Crippen LogP contribution < -0.4 is 4.90 Å². The molecule has 2 aromatic rings. The average molecular weight is 285 g/mol. The van der Waals surface area contributed by atoms with Crippen molar-refractivity contribution < 1.29 is 5.11 Å². The van der Waals surface area contributed by atoms with Crippen LogP contribution in [-0.2, 0) is 6.61 Å². The highest BCUT2D eigenvalue weighted by molar-refractivity contribution is 5.56. The lowest BCUT2D eigenvalue weighted by atomic mass is 10.1. The van der Waals surface area contributed by atoms with Crippen LogP contribution in [0.4, 0.5) is 5.82 Å². The monoisotopic (exact) mass is 285 g/mol. The molecule has 0 radical (unpaired) electrons. The Balaban J connectivity index is 2.13. The summed E-state index contributed by atoms with van der Waals surface area (Å²) in [5.41, 5.74) is 2.93. The summed E-state index contributed by atoms with van der Waals surface area (Å²) in [5.74, 6) is 1.07. The number of aromatic nitrogens is 2. The van der Waals surface area contributed by atoms with E-state index in [1.807, 2.05) is 29.8 Å². The number of aliphatic hydroxyl groups excluding tert-OH is 1. The van der Waals surface area contributed by atoms with Crippen molar-refractivity contribution in [3.63, 3.8) is 0 Å². The zero-order valence-electron chi connectivity index (χ0n) is 12.8. The van der Waals surface area contributed by atoms with Gasteiger partial charge in [0.1, 0.15) is 5.82 Å². The van der Waals surface area contributed by atoms with Gasteiger partial charge in [-0.15, -0.1) is 0 Å². The summed E-state index contributed by atoms with van der Waals surface area (Å²) >= 11 is 0. The maximum atomic E-state index is 9.80. The Morgan fingerprint density at radius 2 is 2.05 bits per heavy atom. The van der Waals surface area contributed by atoms with Gasteiger partial charge in [-0.1, -0.05) is 25.1 Å². The van der Waals surface area contributed by atoms with Crippen LogP contribution in [0.2, 0.25) is 0 Å². The van der Waals surface area contributed by atoms with Crippen LogP contribution in [0.25, 0.3) is 5.69 Å². The standard InChI is InChI=1S/C17H23N3O/c1-3-14-10-7-11-19(14)17-16(12-21)13(2)18-20(17)15-8-5-4-6-9-15/h4-6,8-9,14,21H,3,7,10-12H2,1-2H3. The molecule has 4 nitrogen and oxygen atoms in total. The molecule has 21 heavy (non-hydrogen) atoms. The lowest BCUT2D eigenvalue weighted by Crippen LogP contribution is -2.31. The van der Waals surface area contributed by atoms with Crippen molar-refractivity contribution in [3.05, 3.63) is 41.6 Å². The third-order valence-electron chi connectivity index (χ3n) is 4.44. The Bertz CT molecular complexity index is 606. The molecular formula is C17H23N3O. The van der Waals surface area contributed by atoms with E-state index in [2.05, 4.69) is 29.1 Å². The van der Waals surface area contributed by atoms with Crippen molar-refractivity contribution in [2.24, 2.45) is 0 Å². The van der Waals surface area contributed by atoms with Crippen molar-refractivity contribution in [1.82, 2.24) is 9.78 Å². The van der Waals surface area contributed by atoms with E-state index < -0.39 is 0 Å². The molecule has 1 fully saturated rings. The molecule has 0 aliphatic carbocycles. The average Bonchev–Trinajstić information content (AvgIpc) is 3.11. The number of aliphatic hydroxyl groups is 1. The van der Waals surface area contributed by atoms with Gasteiger partial charge in [0, 0.05) is 18.2 Å². The van der Waals surface area contributed by atoms with E-state index in [1.165, 1.54) is 12.8 Å². The number of hydrogen-bond acceptors (Lipinski definition) is 3. The van der Waals surface area contributed by atoms with Crippen molar-refractivity contribution in [2.45, 2.75) is 45.8 Å². The zero-order chi connectivity index (χ0) is 14.8. The van der Waals surface area contributed by atoms with E-state index in [0.29, 0.717) is 6.04 Å². The topological polar surface area (TPSA) is 41.3 Å². The molecule has 1 saturated heterocycles. The van der Waals surface area contributed by atoms with Gasteiger partial charge >= 0.3 is 0 Å². The predicted molar refractivity (Wildman–Crippen MR) is 84.9 cm³/mol. The fourth-order valence-corrected chi connectivity index (χ4v) is 3.32. The molecule has 1 unspecified atom stereocenters. The number of para-hydroxylation sites is 1. The third kappa shape index (κ3) is 2.44. The van der Waals surface area contributed by atoms with E-state index in [-0.39, 0.29) is 6.61 Å². The molecule has 1 atom stereocenters. The fraction of sp³-hybridized carbons (Fsp3) is 0.471.